The lowest BCUT2D eigenvalue weighted by molar-refractivity contribution is -0.140. The largest absolute Gasteiger partial charge is 0.465 e. The number of ether oxygens (including phenoxy) is 3. The Balaban J connectivity index is 2.29. The van der Waals surface area contributed by atoms with E-state index in [9.17, 15) is 9.59 Å². The molecule has 0 fully saturated rings. The molecule has 1 heterocycles. The van der Waals surface area contributed by atoms with E-state index < -0.39 is 18.0 Å². The van der Waals surface area contributed by atoms with Gasteiger partial charge in [0.15, 0.2) is 5.11 Å². The third-order valence-corrected chi connectivity index (χ3v) is 3.89. The highest BCUT2D eigenvalue weighted by Crippen LogP contribution is 2.28. The predicted octanol–water partition coefficient (Wildman–Crippen LogP) is 1.46. The molecular formula is C17H20N2O5S. The monoisotopic (exact) mass is 364 g/mol. The first-order valence-corrected chi connectivity index (χ1v) is 8.01. The van der Waals surface area contributed by atoms with Crippen LogP contribution in [-0.4, -0.2) is 44.5 Å². The van der Waals surface area contributed by atoms with Gasteiger partial charge in [0.25, 0.3) is 0 Å². The van der Waals surface area contributed by atoms with E-state index in [0.29, 0.717) is 28.6 Å². The van der Waals surface area contributed by atoms with Crippen molar-refractivity contribution < 1.29 is 23.8 Å². The number of benzene rings is 1. The van der Waals surface area contributed by atoms with Crippen molar-refractivity contribution in [3.63, 3.8) is 0 Å². The maximum absolute atomic E-state index is 12.5. The van der Waals surface area contributed by atoms with Crippen molar-refractivity contribution in [3.05, 3.63) is 46.7 Å². The van der Waals surface area contributed by atoms with Crippen molar-refractivity contribution in [1.29, 1.82) is 0 Å². The van der Waals surface area contributed by atoms with Gasteiger partial charge in [0.2, 0.25) is 0 Å². The number of nitrogens with one attached hydrogen (secondary N) is 2. The molecule has 2 N–H and O–H groups in total. The van der Waals surface area contributed by atoms with Crippen LogP contribution >= 0.6 is 12.2 Å². The average molecular weight is 364 g/mol. The molecule has 1 aliphatic rings. The molecule has 0 aromatic heterocycles. The minimum Gasteiger partial charge on any atom is -0.465 e. The summed E-state index contributed by atoms with van der Waals surface area (Å²) in [6.07, 6.45) is 0. The number of carbonyl (C=O) groups excluding carboxylic acids is 2. The van der Waals surface area contributed by atoms with Gasteiger partial charge in [-0.25, -0.2) is 9.59 Å². The number of esters is 2. The summed E-state index contributed by atoms with van der Waals surface area (Å²) in [4.78, 5) is 24.0. The van der Waals surface area contributed by atoms with Gasteiger partial charge in [-0.2, -0.15) is 0 Å². The molecule has 2 rings (SSSR count). The normalized spacial score (nSPS) is 16.8. The van der Waals surface area contributed by atoms with Crippen molar-refractivity contribution in [2.24, 2.45) is 0 Å². The van der Waals surface area contributed by atoms with Crippen LogP contribution in [0, 0.1) is 0 Å². The smallest absolute Gasteiger partial charge is 0.338 e. The molecule has 0 amide bonds. The van der Waals surface area contributed by atoms with Crippen LogP contribution < -0.4 is 10.6 Å². The van der Waals surface area contributed by atoms with Crippen LogP contribution in [0.3, 0.4) is 0 Å². The van der Waals surface area contributed by atoms with Gasteiger partial charge in [-0.05, 0) is 36.8 Å². The van der Waals surface area contributed by atoms with Crippen LogP contribution in [0.1, 0.15) is 28.9 Å². The summed E-state index contributed by atoms with van der Waals surface area (Å²) in [6, 6.07) is 6.28. The lowest BCUT2D eigenvalue weighted by Crippen LogP contribution is -2.45. The van der Waals surface area contributed by atoms with Crippen LogP contribution in [0.4, 0.5) is 0 Å². The van der Waals surface area contributed by atoms with Crippen molar-refractivity contribution in [2.75, 3.05) is 27.4 Å². The molecule has 0 radical (unpaired) electrons. The standard InChI is InChI=1S/C17H20N2O5S/c1-10-13(16(21)24-9-8-22-2)14(19-17(25)18-10)11-4-6-12(7-5-11)15(20)23-3/h4-7,14H,8-9H2,1-3H3,(H2,18,19,25)/t14-/m0/s1. The van der Waals surface area contributed by atoms with Gasteiger partial charge in [0.05, 0.1) is 30.9 Å². The number of rotatable bonds is 6. The minimum absolute atomic E-state index is 0.157. The fourth-order valence-corrected chi connectivity index (χ4v) is 2.71. The summed E-state index contributed by atoms with van der Waals surface area (Å²) in [5, 5.41) is 6.40. The first kappa shape index (κ1) is 18.9. The molecule has 0 bridgehead atoms. The zero-order valence-electron chi connectivity index (χ0n) is 14.3. The Bertz CT molecular complexity index is 699. The Hall–Kier alpha value is -2.45. The topological polar surface area (TPSA) is 85.9 Å². The summed E-state index contributed by atoms with van der Waals surface area (Å²) in [5.41, 5.74) is 2.24. The first-order valence-electron chi connectivity index (χ1n) is 7.60. The van der Waals surface area contributed by atoms with Crippen LogP contribution in [-0.2, 0) is 19.0 Å². The molecule has 0 spiro atoms. The highest BCUT2D eigenvalue weighted by molar-refractivity contribution is 7.80. The van der Waals surface area contributed by atoms with Crippen LogP contribution in [0.2, 0.25) is 0 Å². The third-order valence-electron chi connectivity index (χ3n) is 3.67. The van der Waals surface area contributed by atoms with Gasteiger partial charge in [-0.15, -0.1) is 0 Å². The maximum Gasteiger partial charge on any atom is 0.338 e. The van der Waals surface area contributed by atoms with Crippen LogP contribution in [0.15, 0.2) is 35.5 Å². The number of methoxy groups -OCH3 is 2. The molecule has 8 heteroatoms. The maximum atomic E-state index is 12.5. The second kappa shape index (κ2) is 8.59. The van der Waals surface area contributed by atoms with Gasteiger partial charge in [-0.3, -0.25) is 0 Å². The van der Waals surface area contributed by atoms with E-state index in [2.05, 4.69) is 15.4 Å². The summed E-state index contributed by atoms with van der Waals surface area (Å²) < 4.78 is 14.8. The molecule has 1 aromatic rings. The fraction of sp³-hybridized carbons (Fsp3) is 0.353. The number of hydrogen-bond acceptors (Lipinski definition) is 6. The lowest BCUT2D eigenvalue weighted by Gasteiger charge is -2.30. The number of allylic oxidation sites excluding steroid dienone is 1. The zero-order chi connectivity index (χ0) is 18.4. The Morgan fingerprint density at radius 1 is 1.12 bits per heavy atom. The second-order valence-corrected chi connectivity index (χ2v) is 5.72. The highest BCUT2D eigenvalue weighted by atomic mass is 32.1. The third kappa shape index (κ3) is 4.55. The van der Waals surface area contributed by atoms with E-state index in [0.717, 1.165) is 5.56 Å². The zero-order valence-corrected chi connectivity index (χ0v) is 15.1. The number of hydrogen-bond donors (Lipinski definition) is 2. The van der Waals surface area contributed by atoms with Crippen molar-refractivity contribution in [3.8, 4) is 0 Å². The Kier molecular flexibility index (Phi) is 6.49. The van der Waals surface area contributed by atoms with Gasteiger partial charge in [-0.1, -0.05) is 12.1 Å². The van der Waals surface area contributed by atoms with Gasteiger partial charge >= 0.3 is 11.9 Å². The Morgan fingerprint density at radius 2 is 1.80 bits per heavy atom. The molecular weight excluding hydrogens is 344 g/mol. The lowest BCUT2D eigenvalue weighted by atomic mass is 9.95. The Labute approximate surface area is 151 Å². The molecule has 7 nitrogen and oxygen atoms in total. The number of carbonyl (C=O) groups is 2. The van der Waals surface area contributed by atoms with Crippen LogP contribution in [0.25, 0.3) is 0 Å². The summed E-state index contributed by atoms with van der Waals surface area (Å²) >= 11 is 5.19. The van der Waals surface area contributed by atoms with Gasteiger partial charge < -0.3 is 24.8 Å². The van der Waals surface area contributed by atoms with E-state index in [1.807, 2.05) is 0 Å². The summed E-state index contributed by atoms with van der Waals surface area (Å²) in [5.74, 6) is -0.884. The van der Waals surface area contributed by atoms with E-state index in [1.165, 1.54) is 14.2 Å². The van der Waals surface area contributed by atoms with Gasteiger partial charge in [0, 0.05) is 12.8 Å². The van der Waals surface area contributed by atoms with Crippen molar-refractivity contribution >= 4 is 29.3 Å². The second-order valence-electron chi connectivity index (χ2n) is 5.31. The Morgan fingerprint density at radius 3 is 2.40 bits per heavy atom. The molecule has 1 atom stereocenters. The van der Waals surface area contributed by atoms with E-state index in [4.69, 9.17) is 21.7 Å². The summed E-state index contributed by atoms with van der Waals surface area (Å²) in [7, 11) is 2.86. The molecule has 134 valence electrons. The predicted molar refractivity (Wildman–Crippen MR) is 94.9 cm³/mol. The molecule has 1 aromatic carbocycles. The number of thiocarbonyl (C=S) groups is 1. The quantitative estimate of drug-likeness (QED) is 0.446. The highest BCUT2D eigenvalue weighted by Gasteiger charge is 2.31. The average Bonchev–Trinajstić information content (AvgIpc) is 2.60. The van der Waals surface area contributed by atoms with Crippen molar-refractivity contribution in [1.82, 2.24) is 10.6 Å². The first-order chi connectivity index (χ1) is 12.0. The SMILES string of the molecule is COCCOC(=O)C1=C(C)NC(=S)N[C@H]1c1ccc(C(=O)OC)cc1. The van der Waals surface area contributed by atoms with E-state index in [1.54, 1.807) is 31.2 Å². The van der Waals surface area contributed by atoms with E-state index >= 15 is 0 Å². The van der Waals surface area contributed by atoms with Crippen LogP contribution in [0.5, 0.6) is 0 Å². The molecule has 1 aliphatic heterocycles. The minimum atomic E-state index is -0.476. The van der Waals surface area contributed by atoms with Crippen molar-refractivity contribution in [2.45, 2.75) is 13.0 Å². The molecule has 25 heavy (non-hydrogen) atoms. The molecule has 0 saturated carbocycles. The molecule has 0 saturated heterocycles. The van der Waals surface area contributed by atoms with Gasteiger partial charge in [0.1, 0.15) is 6.61 Å². The summed E-state index contributed by atoms with van der Waals surface area (Å²) in [6.45, 7) is 2.23. The van der Waals surface area contributed by atoms with E-state index in [-0.39, 0.29) is 6.61 Å². The fourth-order valence-electron chi connectivity index (χ4n) is 2.44. The molecule has 0 aliphatic carbocycles. The molecule has 0 unspecified atom stereocenters.